The Balaban J connectivity index is 0. The molecule has 0 amide bonds. The highest BCUT2D eigenvalue weighted by atomic mass is 31.2. The average Bonchev–Trinajstić information content (AvgIpc) is 1.36. The molecule has 0 aromatic rings. The molecule has 0 rings (SSSR count). The Kier molecular flexibility index (Phi) is 6.06. The van der Waals surface area contributed by atoms with E-state index in [0.717, 1.165) is 0 Å². The highest BCUT2D eigenvalue weighted by molar-refractivity contribution is 7.40. The van der Waals surface area contributed by atoms with Gasteiger partial charge in [0.15, 0.2) is 0 Å². The molecular weight excluding hydrogens is 125 g/mol. The van der Waals surface area contributed by atoms with Crippen molar-refractivity contribution in [2.24, 2.45) is 5.90 Å². The fourth-order valence-electron chi connectivity index (χ4n) is 0. The molecule has 0 saturated carbocycles. The minimum atomic E-state index is -5.39. The summed E-state index contributed by atoms with van der Waals surface area (Å²) < 4.78 is 8.55. The standard InChI is InChI=1S/H3NO.H3O4P/c1-2;1-5(2,3)4/h2H,1H2;(H3,1,2,3,4)/p-3. The Morgan fingerprint density at radius 3 is 1.29 bits per heavy atom. The molecule has 3 N–H and O–H groups in total. The van der Waals surface area contributed by atoms with Gasteiger partial charge in [-0.05, 0) is 0 Å². The maximum absolute atomic E-state index is 8.55. The van der Waals surface area contributed by atoms with Crippen molar-refractivity contribution in [3.8, 4) is 0 Å². The zero-order valence-electron chi connectivity index (χ0n) is 3.10. The van der Waals surface area contributed by atoms with E-state index in [1.54, 1.807) is 0 Å². The van der Waals surface area contributed by atoms with Crippen LogP contribution in [0.25, 0.3) is 0 Å². The van der Waals surface area contributed by atoms with Crippen LogP contribution in [0.4, 0.5) is 0 Å². The van der Waals surface area contributed by atoms with Crippen molar-refractivity contribution >= 4 is 7.82 Å². The van der Waals surface area contributed by atoms with Crippen LogP contribution in [0.5, 0.6) is 0 Å². The Morgan fingerprint density at radius 1 is 1.29 bits per heavy atom. The van der Waals surface area contributed by atoms with Crippen LogP contribution in [-0.4, -0.2) is 5.21 Å². The molecule has 0 aliphatic carbocycles. The van der Waals surface area contributed by atoms with E-state index in [-0.39, 0.29) is 0 Å². The largest absolute Gasteiger partial charge is 0.822 e. The van der Waals surface area contributed by atoms with Gasteiger partial charge in [-0.15, -0.1) is 0 Å². The maximum atomic E-state index is 8.55. The molecule has 0 aromatic heterocycles. The van der Waals surface area contributed by atoms with Gasteiger partial charge in [-0.1, -0.05) is 0 Å². The van der Waals surface area contributed by atoms with E-state index in [0.29, 0.717) is 0 Å². The quantitative estimate of drug-likeness (QED) is 0.257. The van der Waals surface area contributed by atoms with Crippen LogP contribution in [0, 0.1) is 0 Å². The number of rotatable bonds is 0. The summed E-state index contributed by atoms with van der Waals surface area (Å²) in [5.41, 5.74) is 0. The van der Waals surface area contributed by atoms with Gasteiger partial charge in [0.05, 0.1) is 0 Å². The molecule has 7 heavy (non-hydrogen) atoms. The topological polar surface area (TPSA) is 132 Å². The van der Waals surface area contributed by atoms with Crippen LogP contribution in [0.1, 0.15) is 0 Å². The number of nitrogens with two attached hydrogens (primary N) is 1. The molecule has 0 radical (unpaired) electrons. The smallest absolute Gasteiger partial charge is 0.159 e. The molecule has 0 spiro atoms. The maximum Gasteiger partial charge on any atom is -0.159 e. The molecule has 0 heterocycles. The molecule has 0 aliphatic rings. The molecular formula is H3NO5P-3. The highest BCUT2D eigenvalue weighted by Crippen LogP contribution is 2.03. The first kappa shape index (κ1) is 10.1. The van der Waals surface area contributed by atoms with Crippen LogP contribution >= 0.6 is 7.82 Å². The zero-order valence-corrected chi connectivity index (χ0v) is 4.00. The Morgan fingerprint density at radius 2 is 1.29 bits per heavy atom. The SMILES string of the molecule is NO.O=P([O-])([O-])[O-]. The number of hydrogen-bond acceptors (Lipinski definition) is 6. The molecule has 7 heteroatoms. The third kappa shape index (κ3) is 109000. The first-order chi connectivity index (χ1) is 3.00. The van der Waals surface area contributed by atoms with Gasteiger partial charge < -0.3 is 24.5 Å². The Labute approximate surface area is 39.4 Å². The van der Waals surface area contributed by atoms with Crippen molar-refractivity contribution in [3.63, 3.8) is 0 Å². The second-order valence-electron chi connectivity index (χ2n) is 0.447. The summed E-state index contributed by atoms with van der Waals surface area (Å²) >= 11 is 0. The summed E-state index contributed by atoms with van der Waals surface area (Å²) in [5.74, 6) is 3.50. The lowest BCUT2D eigenvalue weighted by Gasteiger charge is -2.36. The van der Waals surface area contributed by atoms with E-state index in [9.17, 15) is 0 Å². The Bertz CT molecular complexity index is 54.2. The van der Waals surface area contributed by atoms with Gasteiger partial charge in [-0.2, -0.15) is 7.82 Å². The lowest BCUT2D eigenvalue weighted by atomic mass is 13.6. The van der Waals surface area contributed by atoms with Gasteiger partial charge in [0, 0.05) is 0 Å². The van der Waals surface area contributed by atoms with Crippen LogP contribution in [0.3, 0.4) is 0 Å². The van der Waals surface area contributed by atoms with Gasteiger partial charge in [0.2, 0.25) is 0 Å². The molecule has 0 unspecified atom stereocenters. The molecule has 0 atom stereocenters. The summed E-state index contributed by atoms with van der Waals surface area (Å²) in [6.45, 7) is 0. The van der Waals surface area contributed by atoms with E-state index in [1.807, 2.05) is 0 Å². The molecule has 6 nitrogen and oxygen atoms in total. The van der Waals surface area contributed by atoms with Crippen LogP contribution in [0.2, 0.25) is 0 Å². The lowest BCUT2D eigenvalue weighted by molar-refractivity contribution is -0.432. The van der Waals surface area contributed by atoms with E-state index in [2.05, 4.69) is 5.90 Å². The van der Waals surface area contributed by atoms with Crippen molar-refractivity contribution in [1.82, 2.24) is 0 Å². The third-order valence-corrected chi connectivity index (χ3v) is 0. The molecule has 0 fully saturated rings. The van der Waals surface area contributed by atoms with E-state index >= 15 is 0 Å². The van der Waals surface area contributed by atoms with E-state index < -0.39 is 7.82 Å². The zero-order chi connectivity index (χ0) is 6.50. The number of hydrogen-bond donors (Lipinski definition) is 2. The molecule has 46 valence electrons. The third-order valence-electron chi connectivity index (χ3n) is 0. The van der Waals surface area contributed by atoms with Crippen molar-refractivity contribution in [2.75, 3.05) is 0 Å². The van der Waals surface area contributed by atoms with E-state index in [1.165, 1.54) is 0 Å². The first-order valence-electron chi connectivity index (χ1n) is 0.988. The second-order valence-corrected chi connectivity index (χ2v) is 1.34. The fourth-order valence-corrected chi connectivity index (χ4v) is 0. The monoisotopic (exact) mass is 128 g/mol. The van der Waals surface area contributed by atoms with Gasteiger partial charge in [0.1, 0.15) is 0 Å². The van der Waals surface area contributed by atoms with Gasteiger partial charge >= 0.3 is 0 Å². The first-order valence-corrected chi connectivity index (χ1v) is 2.45. The van der Waals surface area contributed by atoms with Gasteiger partial charge in [-0.25, -0.2) is 5.90 Å². The summed E-state index contributed by atoms with van der Waals surface area (Å²) in [5, 5.41) is 6.50. The van der Waals surface area contributed by atoms with Gasteiger partial charge in [0.25, 0.3) is 0 Å². The van der Waals surface area contributed by atoms with Gasteiger partial charge in [-0.3, -0.25) is 0 Å². The summed E-state index contributed by atoms with van der Waals surface area (Å²) in [6, 6.07) is 0. The van der Waals surface area contributed by atoms with E-state index in [4.69, 9.17) is 24.5 Å². The predicted molar refractivity (Wildman–Crippen MR) is 13.6 cm³/mol. The second kappa shape index (κ2) is 4.20. The van der Waals surface area contributed by atoms with Crippen LogP contribution in [0.15, 0.2) is 0 Å². The summed E-state index contributed by atoms with van der Waals surface area (Å²) in [4.78, 5) is 25.6. The summed E-state index contributed by atoms with van der Waals surface area (Å²) in [6.07, 6.45) is 0. The lowest BCUT2D eigenvalue weighted by Crippen LogP contribution is -2.24. The summed E-state index contributed by atoms with van der Waals surface area (Å²) in [7, 11) is -5.39. The van der Waals surface area contributed by atoms with Crippen LogP contribution < -0.4 is 20.6 Å². The number of phosphoric acid groups is 1. The molecule has 0 aliphatic heterocycles. The fraction of sp³-hybridized carbons (Fsp3) is 0. The predicted octanol–water partition coefficient (Wildman–Crippen LogP) is -3.49. The Hall–Kier alpha value is 0.0300. The molecule has 0 saturated heterocycles. The molecule has 0 bridgehead atoms. The van der Waals surface area contributed by atoms with Crippen molar-refractivity contribution in [3.05, 3.63) is 0 Å². The van der Waals surface area contributed by atoms with Crippen molar-refractivity contribution in [1.29, 1.82) is 0 Å². The minimum Gasteiger partial charge on any atom is -0.822 e. The van der Waals surface area contributed by atoms with Crippen molar-refractivity contribution < 1.29 is 24.5 Å². The minimum absolute atomic E-state index is 3.50. The van der Waals surface area contributed by atoms with Crippen LogP contribution in [-0.2, 0) is 4.57 Å². The van der Waals surface area contributed by atoms with Crippen molar-refractivity contribution in [2.45, 2.75) is 0 Å². The highest BCUT2D eigenvalue weighted by Gasteiger charge is 1.44. The normalized spacial score (nSPS) is 9.29. The average molecular weight is 128 g/mol. The molecule has 0 aromatic carbocycles.